The maximum Gasteiger partial charge on any atom is 0.140 e. The lowest BCUT2D eigenvalue weighted by molar-refractivity contribution is 0.447. The Bertz CT molecular complexity index is 3400. The molecule has 2 aliphatic carbocycles. The molecule has 62 heavy (non-hydrogen) atoms. The van der Waals surface area contributed by atoms with Crippen molar-refractivity contribution in [3.8, 4) is 44.9 Å². The molecular weight excluding hydrogens is 751 g/mol. The van der Waals surface area contributed by atoms with E-state index in [9.17, 15) is 0 Å². The third-order valence-corrected chi connectivity index (χ3v) is 14.1. The summed E-state index contributed by atoms with van der Waals surface area (Å²) in [5.74, 6) is 1.84. The molecule has 1 heterocycles. The van der Waals surface area contributed by atoms with E-state index in [4.69, 9.17) is 4.74 Å². The zero-order chi connectivity index (χ0) is 41.2. The lowest BCUT2D eigenvalue weighted by Gasteiger charge is -2.40. The van der Waals surface area contributed by atoms with Gasteiger partial charge in [-0.1, -0.05) is 202 Å². The van der Waals surface area contributed by atoms with Crippen molar-refractivity contribution in [3.63, 3.8) is 0 Å². The highest BCUT2D eigenvalue weighted by Gasteiger charge is 2.52. The fourth-order valence-corrected chi connectivity index (χ4v) is 11.4. The van der Waals surface area contributed by atoms with Crippen LogP contribution in [0.2, 0.25) is 0 Å². The molecule has 2 heteroatoms. The van der Waals surface area contributed by atoms with E-state index in [1.165, 1.54) is 55.6 Å². The molecule has 10 aromatic rings. The van der Waals surface area contributed by atoms with E-state index in [1.807, 2.05) is 0 Å². The molecule has 0 saturated carbocycles. The van der Waals surface area contributed by atoms with E-state index in [0.717, 1.165) is 61.2 Å². The van der Waals surface area contributed by atoms with Crippen molar-refractivity contribution < 1.29 is 4.74 Å². The largest absolute Gasteiger partial charge is 0.455 e. The van der Waals surface area contributed by atoms with Gasteiger partial charge in [-0.05, 0) is 79.5 Å². The van der Waals surface area contributed by atoms with Crippen molar-refractivity contribution in [1.82, 2.24) is 0 Å². The predicted molar refractivity (Wildman–Crippen MR) is 257 cm³/mol. The van der Waals surface area contributed by atoms with E-state index >= 15 is 0 Å². The molecule has 2 nitrogen and oxygen atoms in total. The Hall–Kier alpha value is -7.68. The Balaban J connectivity index is 1.16. The van der Waals surface area contributed by atoms with Crippen LogP contribution in [-0.4, -0.2) is 0 Å². The number of anilines is 3. The van der Waals surface area contributed by atoms with Gasteiger partial charge >= 0.3 is 0 Å². The molecule has 0 aromatic heterocycles. The Morgan fingerprint density at radius 2 is 0.919 bits per heavy atom. The average Bonchev–Trinajstić information content (AvgIpc) is 3.75. The fourth-order valence-electron chi connectivity index (χ4n) is 11.4. The first-order chi connectivity index (χ1) is 30.5. The van der Waals surface area contributed by atoms with Crippen LogP contribution in [0, 0.1) is 0 Å². The van der Waals surface area contributed by atoms with E-state index in [2.05, 4.69) is 231 Å². The van der Waals surface area contributed by atoms with Gasteiger partial charge in [0, 0.05) is 44.1 Å². The maximum absolute atomic E-state index is 7.29. The van der Waals surface area contributed by atoms with Gasteiger partial charge in [0.25, 0.3) is 0 Å². The van der Waals surface area contributed by atoms with Crippen LogP contribution in [0.15, 0.2) is 212 Å². The SMILES string of the molecule is CC1(C)c2ccccc2-c2c(N(c3ccc4c(c3)C3(c5ccccc5-4)c4ccc5ccccc5c4Oc4c3ccc3ccccc43)c3ccccc3-c3ccccc3)cccc21. The van der Waals surface area contributed by atoms with E-state index in [1.54, 1.807) is 0 Å². The van der Waals surface area contributed by atoms with Crippen molar-refractivity contribution in [3.05, 3.63) is 246 Å². The highest BCUT2D eigenvalue weighted by atomic mass is 16.5. The smallest absolute Gasteiger partial charge is 0.140 e. The second-order valence-corrected chi connectivity index (χ2v) is 17.5. The first kappa shape index (κ1) is 35.1. The number of benzene rings is 10. The number of hydrogen-bond donors (Lipinski definition) is 0. The molecule has 0 radical (unpaired) electrons. The highest BCUT2D eigenvalue weighted by molar-refractivity contribution is 6.02. The number of rotatable bonds is 4. The third kappa shape index (κ3) is 4.64. The van der Waals surface area contributed by atoms with E-state index in [-0.39, 0.29) is 5.41 Å². The van der Waals surface area contributed by atoms with E-state index in [0.29, 0.717) is 0 Å². The molecule has 0 fully saturated rings. The van der Waals surface area contributed by atoms with Crippen LogP contribution >= 0.6 is 0 Å². The third-order valence-electron chi connectivity index (χ3n) is 14.1. The summed E-state index contributed by atoms with van der Waals surface area (Å²) >= 11 is 0. The van der Waals surface area contributed by atoms with Crippen molar-refractivity contribution >= 4 is 38.6 Å². The standard InChI is InChI=1S/C60H41NO/c1-59(2)48-26-13-11-25-47(48)56-50(59)28-16-30-55(56)61(54-29-15-12-21-42(54)38-17-4-3-5-18-38)41-33-34-46-45-24-10-14-27-49(45)60(53(46)37-41)51-35-31-39-19-6-8-22-43(39)57(51)62-58-44-23-9-7-20-40(44)32-36-52(58)60/h3-37H,1-2H3. The van der Waals surface area contributed by atoms with Gasteiger partial charge in [-0.2, -0.15) is 0 Å². The molecule has 0 N–H and O–H groups in total. The summed E-state index contributed by atoms with van der Waals surface area (Å²) in [6.07, 6.45) is 0. The highest BCUT2D eigenvalue weighted by Crippen LogP contribution is 2.65. The summed E-state index contributed by atoms with van der Waals surface area (Å²) in [6.45, 7) is 4.74. The molecule has 0 unspecified atom stereocenters. The first-order valence-corrected chi connectivity index (χ1v) is 21.7. The maximum atomic E-state index is 7.29. The minimum Gasteiger partial charge on any atom is -0.455 e. The summed E-state index contributed by atoms with van der Waals surface area (Å²) < 4.78 is 7.29. The lowest BCUT2D eigenvalue weighted by atomic mass is 9.65. The molecule has 0 atom stereocenters. The van der Waals surface area contributed by atoms with Crippen molar-refractivity contribution in [2.75, 3.05) is 4.90 Å². The summed E-state index contributed by atoms with van der Waals surface area (Å²) in [4.78, 5) is 2.54. The quantitative estimate of drug-likeness (QED) is 0.176. The molecule has 1 spiro atoms. The number of fused-ring (bicyclic) bond motifs is 16. The zero-order valence-corrected chi connectivity index (χ0v) is 34.6. The minimum absolute atomic E-state index is 0.155. The molecule has 10 aromatic carbocycles. The van der Waals surface area contributed by atoms with Gasteiger partial charge in [-0.3, -0.25) is 0 Å². The van der Waals surface area contributed by atoms with Crippen LogP contribution in [-0.2, 0) is 10.8 Å². The van der Waals surface area contributed by atoms with Crippen LogP contribution in [0.3, 0.4) is 0 Å². The number of hydrogen-bond acceptors (Lipinski definition) is 2. The zero-order valence-electron chi connectivity index (χ0n) is 34.6. The Kier molecular flexibility index (Phi) is 7.31. The van der Waals surface area contributed by atoms with E-state index < -0.39 is 5.41 Å². The predicted octanol–water partition coefficient (Wildman–Crippen LogP) is 15.9. The second-order valence-electron chi connectivity index (χ2n) is 17.5. The van der Waals surface area contributed by atoms with Crippen molar-refractivity contribution in [2.24, 2.45) is 0 Å². The summed E-state index contributed by atoms with van der Waals surface area (Å²) in [7, 11) is 0. The first-order valence-electron chi connectivity index (χ1n) is 21.7. The second kappa shape index (κ2) is 12.9. The molecule has 13 rings (SSSR count). The minimum atomic E-state index is -0.670. The normalized spacial score (nSPS) is 14.4. The average molecular weight is 792 g/mol. The van der Waals surface area contributed by atoms with Gasteiger partial charge in [0.05, 0.1) is 16.8 Å². The number of nitrogens with zero attached hydrogens (tertiary/aromatic N) is 1. The van der Waals surface area contributed by atoms with Gasteiger partial charge < -0.3 is 9.64 Å². The van der Waals surface area contributed by atoms with Gasteiger partial charge in [-0.15, -0.1) is 0 Å². The van der Waals surface area contributed by atoms with Gasteiger partial charge in [0.1, 0.15) is 11.5 Å². The lowest BCUT2D eigenvalue weighted by Crippen LogP contribution is -2.32. The van der Waals surface area contributed by atoms with Gasteiger partial charge in [-0.25, -0.2) is 0 Å². The number of para-hydroxylation sites is 1. The fraction of sp³-hybridized carbons (Fsp3) is 0.0667. The molecule has 0 amide bonds. The van der Waals surface area contributed by atoms with Crippen LogP contribution in [0.4, 0.5) is 17.1 Å². The van der Waals surface area contributed by atoms with Crippen LogP contribution in [0.1, 0.15) is 47.2 Å². The summed E-state index contributed by atoms with van der Waals surface area (Å²) in [5, 5.41) is 4.56. The van der Waals surface area contributed by atoms with Crippen LogP contribution in [0.5, 0.6) is 11.5 Å². The number of ether oxygens (including phenoxy) is 1. The van der Waals surface area contributed by atoms with Crippen LogP contribution < -0.4 is 9.64 Å². The molecule has 0 saturated heterocycles. The van der Waals surface area contributed by atoms with Gasteiger partial charge in [0.2, 0.25) is 0 Å². The summed E-state index contributed by atoms with van der Waals surface area (Å²) in [6, 6.07) is 78.5. The molecule has 0 bridgehead atoms. The Morgan fingerprint density at radius 3 is 1.65 bits per heavy atom. The monoisotopic (exact) mass is 791 g/mol. The molecule has 1 aliphatic heterocycles. The topological polar surface area (TPSA) is 12.5 Å². The molecule has 3 aliphatic rings. The van der Waals surface area contributed by atoms with Crippen LogP contribution in [0.25, 0.3) is 54.9 Å². The summed E-state index contributed by atoms with van der Waals surface area (Å²) in [5.41, 5.74) is 17.5. The Labute approximate surface area is 362 Å². The van der Waals surface area contributed by atoms with Crippen molar-refractivity contribution in [1.29, 1.82) is 0 Å². The Morgan fingerprint density at radius 1 is 0.371 bits per heavy atom. The molecular formula is C60H41NO. The van der Waals surface area contributed by atoms with Crippen molar-refractivity contribution in [2.45, 2.75) is 24.7 Å². The molecule has 292 valence electrons. The van der Waals surface area contributed by atoms with Gasteiger partial charge in [0.15, 0.2) is 0 Å².